The van der Waals surface area contributed by atoms with Crippen LogP contribution in [0.2, 0.25) is 0 Å². The van der Waals surface area contributed by atoms with Crippen molar-refractivity contribution in [3.8, 4) is 0 Å². The molecule has 0 aliphatic heterocycles. The lowest BCUT2D eigenvalue weighted by molar-refractivity contribution is 1.20. The van der Waals surface area contributed by atoms with Gasteiger partial charge in [0.05, 0.1) is 11.0 Å². The summed E-state index contributed by atoms with van der Waals surface area (Å²) < 4.78 is 0. The van der Waals surface area contributed by atoms with Gasteiger partial charge in [-0.2, -0.15) is 0 Å². The highest BCUT2D eigenvalue weighted by molar-refractivity contribution is 9.09. The van der Waals surface area contributed by atoms with Crippen LogP contribution in [0.1, 0.15) is 0 Å². The van der Waals surface area contributed by atoms with Crippen LogP contribution in [-0.4, -0.2) is 15.4 Å². The van der Waals surface area contributed by atoms with Crippen molar-refractivity contribution >= 4 is 32.7 Å². The van der Waals surface area contributed by atoms with E-state index < -0.39 is 0 Å². The Morgan fingerprint density at radius 1 is 1.23 bits per heavy atom. The summed E-state index contributed by atoms with van der Waals surface area (Å²) in [5.41, 5.74) is 1.65. The van der Waals surface area contributed by atoms with E-state index in [1.165, 1.54) is 0 Å². The van der Waals surface area contributed by atoms with Gasteiger partial charge < -0.3 is 5.32 Å². The highest BCUT2D eigenvalue weighted by atomic mass is 79.9. The van der Waals surface area contributed by atoms with Gasteiger partial charge in [0, 0.05) is 5.39 Å². The first-order valence-electron chi connectivity index (χ1n) is 3.91. The summed E-state index contributed by atoms with van der Waals surface area (Å²) in [5.74, 6) is 0.863. The number of para-hydroxylation sites is 1. The Labute approximate surface area is 84.3 Å². The molecule has 1 aromatic heterocycles. The van der Waals surface area contributed by atoms with E-state index in [-0.39, 0.29) is 0 Å². The molecule has 0 radical (unpaired) electrons. The van der Waals surface area contributed by atoms with Crippen LogP contribution in [0.5, 0.6) is 0 Å². The molecule has 13 heavy (non-hydrogen) atoms. The third-order valence-corrected chi connectivity index (χ3v) is 2.06. The van der Waals surface area contributed by atoms with Crippen LogP contribution in [0.15, 0.2) is 30.6 Å². The van der Waals surface area contributed by atoms with Gasteiger partial charge in [0.25, 0.3) is 0 Å². The minimum atomic E-state index is 0.688. The molecule has 1 aromatic carbocycles. The van der Waals surface area contributed by atoms with Crippen molar-refractivity contribution < 1.29 is 0 Å². The van der Waals surface area contributed by atoms with E-state index in [9.17, 15) is 0 Å². The molecule has 0 unspecified atom stereocenters. The predicted octanol–water partition coefficient (Wildman–Crippen LogP) is 2.39. The van der Waals surface area contributed by atoms with Crippen molar-refractivity contribution in [1.82, 2.24) is 9.97 Å². The molecule has 4 heteroatoms. The molecule has 0 saturated heterocycles. The Balaban J connectivity index is 2.61. The second kappa shape index (κ2) is 3.70. The summed E-state index contributed by atoms with van der Waals surface area (Å²) >= 11 is 3.30. The Kier molecular flexibility index (Phi) is 2.40. The Hall–Kier alpha value is -1.16. The van der Waals surface area contributed by atoms with Crippen LogP contribution < -0.4 is 5.32 Å². The number of rotatable bonds is 2. The second-order valence-corrected chi connectivity index (χ2v) is 3.11. The van der Waals surface area contributed by atoms with Crippen LogP contribution in [0, 0.1) is 0 Å². The zero-order valence-electron chi connectivity index (χ0n) is 6.87. The second-order valence-electron chi connectivity index (χ2n) is 2.55. The number of aromatic nitrogens is 2. The third kappa shape index (κ3) is 1.62. The molecule has 1 N–H and O–H groups in total. The van der Waals surface area contributed by atoms with Crippen LogP contribution in [0.3, 0.4) is 0 Å². The monoisotopic (exact) mass is 237 g/mol. The van der Waals surface area contributed by atoms with E-state index >= 15 is 0 Å². The summed E-state index contributed by atoms with van der Waals surface area (Å²) in [7, 11) is 0. The number of anilines is 1. The van der Waals surface area contributed by atoms with E-state index in [0.717, 1.165) is 16.7 Å². The molecule has 66 valence electrons. The van der Waals surface area contributed by atoms with Gasteiger partial charge in [0.15, 0.2) is 0 Å². The van der Waals surface area contributed by atoms with E-state index in [0.29, 0.717) is 5.45 Å². The predicted molar refractivity (Wildman–Crippen MR) is 57.0 cm³/mol. The SMILES string of the molecule is BrCNc1ncnc2ccccc12. The van der Waals surface area contributed by atoms with Gasteiger partial charge in [-0.25, -0.2) is 9.97 Å². The van der Waals surface area contributed by atoms with Crippen LogP contribution in [-0.2, 0) is 0 Å². The van der Waals surface area contributed by atoms with Gasteiger partial charge in [-0.05, 0) is 12.1 Å². The van der Waals surface area contributed by atoms with E-state index in [4.69, 9.17) is 0 Å². The van der Waals surface area contributed by atoms with Crippen LogP contribution in [0.4, 0.5) is 5.82 Å². The lowest BCUT2D eigenvalue weighted by atomic mass is 10.2. The highest BCUT2D eigenvalue weighted by Crippen LogP contribution is 2.17. The number of hydrogen-bond donors (Lipinski definition) is 1. The minimum Gasteiger partial charge on any atom is -0.360 e. The van der Waals surface area contributed by atoms with Crippen molar-refractivity contribution in [1.29, 1.82) is 0 Å². The molecule has 0 fully saturated rings. The van der Waals surface area contributed by atoms with Gasteiger partial charge in [-0.3, -0.25) is 0 Å². The molecule has 0 atom stereocenters. The number of fused-ring (bicyclic) bond motifs is 1. The van der Waals surface area contributed by atoms with Crippen molar-refractivity contribution in [2.24, 2.45) is 0 Å². The summed E-state index contributed by atoms with van der Waals surface area (Å²) in [4.78, 5) is 8.30. The third-order valence-electron chi connectivity index (χ3n) is 1.78. The molecule has 0 aliphatic rings. The fourth-order valence-corrected chi connectivity index (χ4v) is 1.47. The molecule has 2 aromatic rings. The Bertz CT molecular complexity index is 411. The van der Waals surface area contributed by atoms with Gasteiger partial charge in [0.1, 0.15) is 12.1 Å². The normalized spacial score (nSPS) is 10.2. The number of nitrogens with one attached hydrogen (secondary N) is 1. The largest absolute Gasteiger partial charge is 0.360 e. The maximum atomic E-state index is 4.16. The fourth-order valence-electron chi connectivity index (χ4n) is 1.21. The number of hydrogen-bond acceptors (Lipinski definition) is 3. The molecule has 3 nitrogen and oxygen atoms in total. The first kappa shape index (κ1) is 8.44. The maximum Gasteiger partial charge on any atom is 0.137 e. The summed E-state index contributed by atoms with van der Waals surface area (Å²) in [5, 5.41) is 4.16. The van der Waals surface area contributed by atoms with Crippen molar-refractivity contribution in [2.45, 2.75) is 0 Å². The first-order chi connectivity index (χ1) is 6.42. The molecule has 2 rings (SSSR count). The van der Waals surface area contributed by atoms with Gasteiger partial charge in [-0.15, -0.1) is 0 Å². The lowest BCUT2D eigenvalue weighted by Crippen LogP contribution is -1.98. The molecule has 0 saturated carbocycles. The molecule has 0 bridgehead atoms. The number of alkyl halides is 1. The molecular formula is C9H8BrN3. The Morgan fingerprint density at radius 3 is 2.92 bits per heavy atom. The van der Waals surface area contributed by atoms with Crippen LogP contribution >= 0.6 is 15.9 Å². The minimum absolute atomic E-state index is 0.688. The summed E-state index contributed by atoms with van der Waals surface area (Å²) in [6.45, 7) is 0. The topological polar surface area (TPSA) is 37.8 Å². The van der Waals surface area contributed by atoms with E-state index in [2.05, 4.69) is 31.2 Å². The zero-order valence-corrected chi connectivity index (χ0v) is 8.45. The van der Waals surface area contributed by atoms with E-state index in [1.807, 2.05) is 24.3 Å². The molecule has 0 spiro atoms. The zero-order chi connectivity index (χ0) is 9.10. The molecule has 1 heterocycles. The van der Waals surface area contributed by atoms with Crippen LogP contribution in [0.25, 0.3) is 10.9 Å². The van der Waals surface area contributed by atoms with Crippen molar-refractivity contribution in [3.63, 3.8) is 0 Å². The average molecular weight is 238 g/mol. The molecule has 0 amide bonds. The lowest BCUT2D eigenvalue weighted by Gasteiger charge is -2.03. The standard InChI is InChI=1S/C9H8BrN3/c10-5-11-9-7-3-1-2-4-8(7)12-6-13-9/h1-4,6H,5H2,(H,11,12,13). The van der Waals surface area contributed by atoms with E-state index in [1.54, 1.807) is 6.33 Å². The summed E-state index contributed by atoms with van der Waals surface area (Å²) in [6.07, 6.45) is 1.56. The van der Waals surface area contributed by atoms with Crippen molar-refractivity contribution in [2.75, 3.05) is 10.8 Å². The first-order valence-corrected chi connectivity index (χ1v) is 5.03. The molecular weight excluding hydrogens is 230 g/mol. The molecule has 0 aliphatic carbocycles. The van der Waals surface area contributed by atoms with Crippen molar-refractivity contribution in [3.05, 3.63) is 30.6 Å². The number of halogens is 1. The average Bonchev–Trinajstić information content (AvgIpc) is 2.19. The van der Waals surface area contributed by atoms with Gasteiger partial charge >= 0.3 is 0 Å². The summed E-state index contributed by atoms with van der Waals surface area (Å²) in [6, 6.07) is 7.91. The number of benzene rings is 1. The van der Waals surface area contributed by atoms with Gasteiger partial charge in [0.2, 0.25) is 0 Å². The quantitative estimate of drug-likeness (QED) is 0.644. The highest BCUT2D eigenvalue weighted by Gasteiger charge is 1.99. The maximum absolute atomic E-state index is 4.16. The Morgan fingerprint density at radius 2 is 2.08 bits per heavy atom. The van der Waals surface area contributed by atoms with Gasteiger partial charge in [-0.1, -0.05) is 28.1 Å². The fraction of sp³-hybridized carbons (Fsp3) is 0.111. The smallest absolute Gasteiger partial charge is 0.137 e. The number of nitrogens with zero attached hydrogens (tertiary/aromatic N) is 2.